The number of methoxy groups -OCH3 is 1. The van der Waals surface area contributed by atoms with Crippen molar-refractivity contribution in [1.82, 2.24) is 20.8 Å². The van der Waals surface area contributed by atoms with E-state index < -0.39 is 0 Å². The molecule has 0 spiro atoms. The molecule has 8 heteroatoms. The molecule has 0 atom stereocenters. The van der Waals surface area contributed by atoms with Gasteiger partial charge in [-0.05, 0) is 20.8 Å². The van der Waals surface area contributed by atoms with Crippen LogP contribution in [0.4, 0.5) is 6.01 Å². The number of anilines is 1. The minimum absolute atomic E-state index is 0.0176. The normalized spacial score (nSPS) is 11.4. The van der Waals surface area contributed by atoms with Crippen LogP contribution < -0.4 is 16.0 Å². The zero-order chi connectivity index (χ0) is 15.7. The highest BCUT2D eigenvalue weighted by Crippen LogP contribution is 2.05. The minimum Gasteiger partial charge on any atom is -0.407 e. The van der Waals surface area contributed by atoms with E-state index in [-0.39, 0.29) is 11.4 Å². The monoisotopic (exact) mass is 299 g/mol. The van der Waals surface area contributed by atoms with E-state index in [4.69, 9.17) is 9.15 Å². The lowest BCUT2D eigenvalue weighted by atomic mass is 10.1. The molecule has 1 aromatic rings. The van der Waals surface area contributed by atoms with E-state index in [0.29, 0.717) is 44.6 Å². The molecule has 0 saturated carbocycles. The molecule has 1 amide bonds. The molecule has 0 aliphatic rings. The average Bonchev–Trinajstić information content (AvgIpc) is 2.80. The molecule has 0 bridgehead atoms. The van der Waals surface area contributed by atoms with E-state index in [1.54, 1.807) is 7.11 Å². The largest absolute Gasteiger partial charge is 0.407 e. The maximum absolute atomic E-state index is 11.6. The summed E-state index contributed by atoms with van der Waals surface area (Å²) >= 11 is 0. The number of ether oxygens (including phenoxy) is 1. The summed E-state index contributed by atoms with van der Waals surface area (Å²) in [7, 11) is 1.65. The van der Waals surface area contributed by atoms with Crippen molar-refractivity contribution in [3.8, 4) is 0 Å². The van der Waals surface area contributed by atoms with Crippen LogP contribution in [0.3, 0.4) is 0 Å². The number of aromatic nitrogens is 2. The maximum Gasteiger partial charge on any atom is 0.315 e. The molecule has 1 heterocycles. The van der Waals surface area contributed by atoms with Gasteiger partial charge in [0.1, 0.15) is 0 Å². The Bertz CT molecular complexity index is 428. The summed E-state index contributed by atoms with van der Waals surface area (Å²) in [5.74, 6) is 0.476. The van der Waals surface area contributed by atoms with E-state index in [0.717, 1.165) is 0 Å². The molecule has 1 rings (SSSR count). The van der Waals surface area contributed by atoms with Gasteiger partial charge in [0.05, 0.1) is 13.2 Å². The van der Waals surface area contributed by atoms with Crippen molar-refractivity contribution in [3.63, 3.8) is 0 Å². The van der Waals surface area contributed by atoms with Gasteiger partial charge >= 0.3 is 6.01 Å². The number of carbonyl (C=O) groups excluding carboxylic acids is 1. The van der Waals surface area contributed by atoms with Crippen LogP contribution in [0.1, 0.15) is 33.1 Å². The molecule has 0 aliphatic carbocycles. The second-order valence-electron chi connectivity index (χ2n) is 5.65. The molecule has 1 aromatic heterocycles. The number of amides is 1. The molecule has 3 N–H and O–H groups in total. The van der Waals surface area contributed by atoms with E-state index in [1.165, 1.54) is 0 Å². The average molecular weight is 299 g/mol. The van der Waals surface area contributed by atoms with Gasteiger partial charge in [-0.2, -0.15) is 0 Å². The van der Waals surface area contributed by atoms with Gasteiger partial charge in [0, 0.05) is 32.2 Å². The first-order valence-corrected chi connectivity index (χ1v) is 6.97. The van der Waals surface area contributed by atoms with Gasteiger partial charge < -0.3 is 25.1 Å². The quantitative estimate of drug-likeness (QED) is 0.571. The van der Waals surface area contributed by atoms with Crippen molar-refractivity contribution in [1.29, 1.82) is 0 Å². The predicted octanol–water partition coefficient (Wildman–Crippen LogP) is 0.522. The summed E-state index contributed by atoms with van der Waals surface area (Å²) in [4.78, 5) is 11.6. The summed E-state index contributed by atoms with van der Waals surface area (Å²) in [6.07, 6.45) is 0.348. The Morgan fingerprint density at radius 1 is 1.29 bits per heavy atom. The van der Waals surface area contributed by atoms with Gasteiger partial charge in [0.25, 0.3) is 0 Å². The molecule has 0 unspecified atom stereocenters. The van der Waals surface area contributed by atoms with Crippen molar-refractivity contribution in [2.24, 2.45) is 0 Å². The van der Waals surface area contributed by atoms with Crippen LogP contribution in [0.25, 0.3) is 0 Å². The number of rotatable bonds is 9. The summed E-state index contributed by atoms with van der Waals surface area (Å²) < 4.78 is 10.3. The zero-order valence-electron chi connectivity index (χ0n) is 13.2. The van der Waals surface area contributed by atoms with Crippen LogP contribution in [0.5, 0.6) is 0 Å². The van der Waals surface area contributed by atoms with Gasteiger partial charge in [-0.1, -0.05) is 5.10 Å². The number of hydrogen-bond donors (Lipinski definition) is 3. The van der Waals surface area contributed by atoms with Gasteiger partial charge in [0.2, 0.25) is 11.8 Å². The molecule has 0 saturated heterocycles. The number of nitrogens with one attached hydrogen (secondary N) is 3. The summed E-state index contributed by atoms with van der Waals surface area (Å²) in [6.45, 7) is 8.11. The van der Waals surface area contributed by atoms with E-state index in [1.807, 2.05) is 20.8 Å². The van der Waals surface area contributed by atoms with Crippen molar-refractivity contribution in [3.05, 3.63) is 5.89 Å². The Morgan fingerprint density at radius 3 is 2.71 bits per heavy atom. The number of carbonyl (C=O) groups is 1. The van der Waals surface area contributed by atoms with Crippen LogP contribution in [0.2, 0.25) is 0 Å². The molecule has 120 valence electrons. The third kappa shape index (κ3) is 8.26. The van der Waals surface area contributed by atoms with Crippen molar-refractivity contribution >= 4 is 11.9 Å². The second kappa shape index (κ2) is 8.58. The van der Waals surface area contributed by atoms with Crippen molar-refractivity contribution < 1.29 is 13.9 Å². The fourth-order valence-corrected chi connectivity index (χ4v) is 1.53. The molecule has 8 nitrogen and oxygen atoms in total. The van der Waals surface area contributed by atoms with Crippen LogP contribution in [0, 0.1) is 0 Å². The molecular formula is C13H25N5O3. The van der Waals surface area contributed by atoms with Crippen LogP contribution in [-0.4, -0.2) is 48.4 Å². The zero-order valence-corrected chi connectivity index (χ0v) is 13.2. The smallest absolute Gasteiger partial charge is 0.315 e. The van der Waals surface area contributed by atoms with Crippen LogP contribution in [0.15, 0.2) is 4.42 Å². The highest BCUT2D eigenvalue weighted by Gasteiger charge is 2.13. The van der Waals surface area contributed by atoms with Gasteiger partial charge in [-0.15, -0.1) is 5.10 Å². The Morgan fingerprint density at radius 2 is 2.05 bits per heavy atom. The maximum atomic E-state index is 11.6. The minimum atomic E-state index is -0.220. The molecule has 0 aromatic carbocycles. The van der Waals surface area contributed by atoms with Crippen molar-refractivity contribution in [2.45, 2.75) is 39.3 Å². The van der Waals surface area contributed by atoms with Gasteiger partial charge in [-0.3, -0.25) is 4.79 Å². The SMILES string of the molecule is COCCNCc1nnc(NCCC(=O)NC(C)(C)C)o1. The lowest BCUT2D eigenvalue weighted by Crippen LogP contribution is -2.41. The van der Waals surface area contributed by atoms with E-state index in [2.05, 4.69) is 26.1 Å². The van der Waals surface area contributed by atoms with Crippen LogP contribution in [-0.2, 0) is 16.1 Å². The number of hydrogen-bond acceptors (Lipinski definition) is 7. The summed E-state index contributed by atoms with van der Waals surface area (Å²) in [5.41, 5.74) is -0.220. The molecular weight excluding hydrogens is 274 g/mol. The molecule has 0 aliphatic heterocycles. The van der Waals surface area contributed by atoms with Gasteiger partial charge in [0.15, 0.2) is 0 Å². The highest BCUT2D eigenvalue weighted by molar-refractivity contribution is 5.77. The standard InChI is InChI=1S/C13H25N5O3/c1-13(2,3)16-10(19)5-6-15-12-18-17-11(21-12)9-14-7-8-20-4/h14H,5-9H2,1-4H3,(H,15,18)(H,16,19). The Balaban J connectivity index is 2.21. The fourth-order valence-electron chi connectivity index (χ4n) is 1.53. The van der Waals surface area contributed by atoms with Gasteiger partial charge in [-0.25, -0.2) is 0 Å². The van der Waals surface area contributed by atoms with E-state index in [9.17, 15) is 4.79 Å². The number of nitrogens with zero attached hydrogens (tertiary/aromatic N) is 2. The molecule has 0 fully saturated rings. The topological polar surface area (TPSA) is 101 Å². The fraction of sp³-hybridized carbons (Fsp3) is 0.769. The lowest BCUT2D eigenvalue weighted by molar-refractivity contribution is -0.122. The first kappa shape index (κ1) is 17.4. The Labute approximate surface area is 125 Å². The highest BCUT2D eigenvalue weighted by atomic mass is 16.5. The first-order chi connectivity index (χ1) is 9.90. The third-order valence-electron chi connectivity index (χ3n) is 2.37. The summed E-state index contributed by atoms with van der Waals surface area (Å²) in [6, 6.07) is 0.321. The van der Waals surface area contributed by atoms with Crippen molar-refractivity contribution in [2.75, 3.05) is 32.1 Å². The second-order valence-corrected chi connectivity index (χ2v) is 5.65. The van der Waals surface area contributed by atoms with Crippen LogP contribution >= 0.6 is 0 Å². The molecule has 0 radical (unpaired) electrons. The predicted molar refractivity (Wildman–Crippen MR) is 78.9 cm³/mol. The molecule has 21 heavy (non-hydrogen) atoms. The lowest BCUT2D eigenvalue weighted by Gasteiger charge is -2.20. The first-order valence-electron chi connectivity index (χ1n) is 6.97. The van der Waals surface area contributed by atoms with E-state index >= 15 is 0 Å². The third-order valence-corrected chi connectivity index (χ3v) is 2.37. The Kier molecular flexibility index (Phi) is 7.10. The summed E-state index contributed by atoms with van der Waals surface area (Å²) in [5, 5.41) is 16.7. The Hall–Kier alpha value is -1.67.